The van der Waals surface area contributed by atoms with Crippen LogP contribution in [0.15, 0.2) is 38.5 Å². The van der Waals surface area contributed by atoms with Gasteiger partial charge in [0.1, 0.15) is 5.00 Å². The smallest absolute Gasteiger partial charge is 0.226 e. The van der Waals surface area contributed by atoms with Gasteiger partial charge in [-0.15, -0.1) is 0 Å². The van der Waals surface area contributed by atoms with Crippen LogP contribution in [0.4, 0.5) is 5.00 Å². The molecular formula is C21H30N2O4S3. The Labute approximate surface area is 184 Å². The van der Waals surface area contributed by atoms with E-state index in [1.807, 2.05) is 6.92 Å². The molecule has 3 rings (SSSR count). The van der Waals surface area contributed by atoms with Gasteiger partial charge in [-0.05, 0) is 49.7 Å². The number of sulfone groups is 2. The van der Waals surface area contributed by atoms with Crippen molar-refractivity contribution in [2.75, 3.05) is 11.1 Å². The Bertz CT molecular complexity index is 1120. The summed E-state index contributed by atoms with van der Waals surface area (Å²) in [4.78, 5) is 4.23. The van der Waals surface area contributed by atoms with Crippen molar-refractivity contribution < 1.29 is 16.8 Å². The number of nitrogens with one attached hydrogen (secondary N) is 1. The van der Waals surface area contributed by atoms with Crippen molar-refractivity contribution in [2.24, 2.45) is 11.3 Å². The molecule has 2 atom stereocenters. The normalized spacial score (nSPS) is 22.0. The molecule has 6 nitrogen and oxygen atoms in total. The molecule has 2 aromatic rings. The van der Waals surface area contributed by atoms with Crippen LogP contribution < -0.4 is 5.32 Å². The Hall–Kier alpha value is -1.45. The second kappa shape index (κ2) is 8.24. The predicted molar refractivity (Wildman–Crippen MR) is 121 cm³/mol. The summed E-state index contributed by atoms with van der Waals surface area (Å²) in [5.41, 5.74) is 1.08. The van der Waals surface area contributed by atoms with E-state index >= 15 is 0 Å². The third kappa shape index (κ3) is 4.89. The molecule has 0 unspecified atom stereocenters. The van der Waals surface area contributed by atoms with Gasteiger partial charge in [0.2, 0.25) is 24.0 Å². The molecule has 1 aliphatic carbocycles. The number of hydrogen-bond donors (Lipinski definition) is 1. The van der Waals surface area contributed by atoms with Crippen LogP contribution in [-0.2, 0) is 19.7 Å². The molecule has 166 valence electrons. The van der Waals surface area contributed by atoms with E-state index < -0.39 is 19.7 Å². The van der Waals surface area contributed by atoms with Crippen LogP contribution in [0.25, 0.3) is 0 Å². The van der Waals surface area contributed by atoms with Gasteiger partial charge in [0.15, 0.2) is 5.03 Å². The zero-order chi connectivity index (χ0) is 22.3. The van der Waals surface area contributed by atoms with Crippen molar-refractivity contribution in [2.45, 2.75) is 74.2 Å². The van der Waals surface area contributed by atoms with Crippen LogP contribution in [0.2, 0.25) is 0 Å². The molecule has 1 saturated carbocycles. The maximum atomic E-state index is 13.3. The van der Waals surface area contributed by atoms with Gasteiger partial charge in [-0.2, -0.15) is 0 Å². The highest BCUT2D eigenvalue weighted by molar-refractivity contribution is 7.94. The Morgan fingerprint density at radius 3 is 2.33 bits per heavy atom. The Morgan fingerprint density at radius 1 is 1.13 bits per heavy atom. The van der Waals surface area contributed by atoms with E-state index in [2.05, 4.69) is 31.1 Å². The van der Waals surface area contributed by atoms with Crippen molar-refractivity contribution in [1.82, 2.24) is 4.98 Å². The number of nitrogens with zero attached hydrogens (tertiary/aromatic N) is 1. The minimum absolute atomic E-state index is 0.0633. The van der Waals surface area contributed by atoms with Gasteiger partial charge in [-0.25, -0.2) is 21.8 Å². The molecule has 1 aromatic heterocycles. The van der Waals surface area contributed by atoms with Crippen molar-refractivity contribution in [3.8, 4) is 0 Å². The highest BCUT2D eigenvalue weighted by atomic mass is 32.2. The van der Waals surface area contributed by atoms with Crippen LogP contribution in [0.3, 0.4) is 0 Å². The molecule has 1 fully saturated rings. The van der Waals surface area contributed by atoms with Crippen molar-refractivity contribution >= 4 is 36.0 Å². The minimum Gasteiger partial charge on any atom is -0.372 e. The molecule has 1 N–H and O–H groups in total. The van der Waals surface area contributed by atoms with E-state index in [1.54, 1.807) is 12.1 Å². The average Bonchev–Trinajstić information content (AvgIpc) is 3.05. The predicted octanol–water partition coefficient (Wildman–Crippen LogP) is 4.70. The largest absolute Gasteiger partial charge is 0.372 e. The number of anilines is 1. The molecule has 9 heteroatoms. The molecule has 30 heavy (non-hydrogen) atoms. The molecule has 0 amide bonds. The number of aromatic nitrogens is 1. The van der Waals surface area contributed by atoms with Gasteiger partial charge >= 0.3 is 0 Å². The first-order valence-electron chi connectivity index (χ1n) is 10.2. The van der Waals surface area contributed by atoms with Crippen LogP contribution >= 0.6 is 11.3 Å². The SMILES string of the molecule is CCS(=O)(=O)c1nc(S(=O)(=O)c2ccc(C)cc2)c(N[C@@H]2C[C@H](C)CC(C)(C)C2)s1. The van der Waals surface area contributed by atoms with E-state index in [0.717, 1.165) is 36.2 Å². The third-order valence-electron chi connectivity index (χ3n) is 5.53. The topological polar surface area (TPSA) is 93.2 Å². The quantitative estimate of drug-likeness (QED) is 0.657. The summed E-state index contributed by atoms with van der Waals surface area (Å²) in [6.07, 6.45) is 2.90. The minimum atomic E-state index is -3.95. The Morgan fingerprint density at radius 2 is 1.77 bits per heavy atom. The molecule has 0 saturated heterocycles. The van der Waals surface area contributed by atoms with Crippen LogP contribution in [0.1, 0.15) is 52.5 Å². The first-order valence-corrected chi connectivity index (χ1v) is 14.1. The maximum absolute atomic E-state index is 13.3. The van der Waals surface area contributed by atoms with Gasteiger partial charge in [0, 0.05) is 6.04 Å². The van der Waals surface area contributed by atoms with E-state index in [0.29, 0.717) is 10.9 Å². The number of benzene rings is 1. The van der Waals surface area contributed by atoms with Gasteiger partial charge in [0.05, 0.1) is 10.6 Å². The molecule has 1 heterocycles. The van der Waals surface area contributed by atoms with Gasteiger partial charge in [-0.3, -0.25) is 0 Å². The van der Waals surface area contributed by atoms with Crippen LogP contribution in [0.5, 0.6) is 0 Å². The fraction of sp³-hybridized carbons (Fsp3) is 0.571. The molecule has 0 radical (unpaired) electrons. The van der Waals surface area contributed by atoms with Gasteiger partial charge in [0.25, 0.3) is 0 Å². The standard InChI is InChI=1S/C21H30N2O4S3/c1-6-29(24,25)20-23-19(30(26,27)17-9-7-14(2)8-10-17)18(28-20)22-16-11-15(3)12-21(4,5)13-16/h7-10,15-16,22H,6,11-13H2,1-5H3/t15-,16+/m0/s1. The van der Waals surface area contributed by atoms with Gasteiger partial charge < -0.3 is 5.32 Å². The lowest BCUT2D eigenvalue weighted by molar-refractivity contribution is 0.178. The van der Waals surface area contributed by atoms with Gasteiger partial charge in [-0.1, -0.05) is 56.7 Å². The zero-order valence-electron chi connectivity index (χ0n) is 18.1. The number of aryl methyl sites for hydroxylation is 1. The highest BCUT2D eigenvalue weighted by Gasteiger charge is 2.35. The molecule has 1 aliphatic rings. The molecular weight excluding hydrogens is 440 g/mol. The Balaban J connectivity index is 2.07. The van der Waals surface area contributed by atoms with E-state index in [9.17, 15) is 16.8 Å². The lowest BCUT2D eigenvalue weighted by Crippen LogP contribution is -2.35. The van der Waals surface area contributed by atoms with E-state index in [4.69, 9.17) is 0 Å². The number of hydrogen-bond acceptors (Lipinski definition) is 7. The summed E-state index contributed by atoms with van der Waals surface area (Å²) in [5, 5.41) is 3.47. The molecule has 0 aliphatic heterocycles. The number of thiazole rings is 1. The van der Waals surface area contributed by atoms with Crippen LogP contribution in [-0.4, -0.2) is 33.6 Å². The van der Waals surface area contributed by atoms with E-state index in [1.165, 1.54) is 19.1 Å². The second-order valence-corrected chi connectivity index (χ2v) is 14.4. The summed E-state index contributed by atoms with van der Waals surface area (Å²) in [6, 6.07) is 6.58. The summed E-state index contributed by atoms with van der Waals surface area (Å²) in [5.74, 6) is 0.368. The Kier molecular flexibility index (Phi) is 6.38. The molecule has 0 spiro atoms. The first-order chi connectivity index (χ1) is 13.8. The highest BCUT2D eigenvalue weighted by Crippen LogP contribution is 2.42. The first kappa shape index (κ1) is 23.2. The summed E-state index contributed by atoms with van der Waals surface area (Å²) in [7, 11) is -7.58. The average molecular weight is 471 g/mol. The summed E-state index contributed by atoms with van der Waals surface area (Å²) >= 11 is 0.921. The number of rotatable bonds is 6. The van der Waals surface area contributed by atoms with E-state index in [-0.39, 0.29) is 31.5 Å². The fourth-order valence-corrected chi connectivity index (χ4v) is 8.35. The van der Waals surface area contributed by atoms with Crippen molar-refractivity contribution in [3.05, 3.63) is 29.8 Å². The summed E-state index contributed by atoms with van der Waals surface area (Å²) < 4.78 is 51.4. The van der Waals surface area contributed by atoms with Crippen molar-refractivity contribution in [1.29, 1.82) is 0 Å². The lowest BCUT2D eigenvalue weighted by atomic mass is 9.71. The second-order valence-electron chi connectivity index (χ2n) is 9.09. The third-order valence-corrected chi connectivity index (χ3v) is 10.5. The monoisotopic (exact) mass is 470 g/mol. The molecule has 0 bridgehead atoms. The lowest BCUT2D eigenvalue weighted by Gasteiger charge is -2.39. The zero-order valence-corrected chi connectivity index (χ0v) is 20.5. The van der Waals surface area contributed by atoms with Crippen molar-refractivity contribution in [3.63, 3.8) is 0 Å². The fourth-order valence-electron chi connectivity index (χ4n) is 4.29. The molecule has 1 aromatic carbocycles. The maximum Gasteiger partial charge on any atom is 0.226 e. The summed E-state index contributed by atoms with van der Waals surface area (Å²) in [6.45, 7) is 10.0. The van der Waals surface area contributed by atoms with Crippen LogP contribution in [0, 0.1) is 18.3 Å².